The van der Waals surface area contributed by atoms with Crippen LogP contribution < -0.4 is 0 Å². The Morgan fingerprint density at radius 3 is 1.59 bits per heavy atom. The lowest BCUT2D eigenvalue weighted by molar-refractivity contribution is 1.08. The quantitative estimate of drug-likeness (QED) is 0.493. The molecule has 6 heteroatoms. The molecule has 0 fully saturated rings. The van der Waals surface area contributed by atoms with Crippen molar-refractivity contribution in [2.45, 2.75) is 0 Å². The zero-order valence-electron chi connectivity index (χ0n) is 15.4. The van der Waals surface area contributed by atoms with E-state index in [0.29, 0.717) is 0 Å². The van der Waals surface area contributed by atoms with Crippen LogP contribution in [0, 0.1) is 0 Å². The number of rotatable bonds is 4. The van der Waals surface area contributed by atoms with Crippen molar-refractivity contribution in [3.63, 3.8) is 0 Å². The van der Waals surface area contributed by atoms with E-state index in [-0.39, 0.29) is 0 Å². The normalized spacial score (nSPS) is 10.8. The zero-order chi connectivity index (χ0) is 19.5. The summed E-state index contributed by atoms with van der Waals surface area (Å²) in [6, 6.07) is 25.2. The van der Waals surface area contributed by atoms with Crippen LogP contribution in [0.25, 0.3) is 45.6 Å². The molecular formula is C23H16N6. The van der Waals surface area contributed by atoms with Gasteiger partial charge in [0.15, 0.2) is 0 Å². The molecular weight excluding hydrogens is 360 g/mol. The van der Waals surface area contributed by atoms with Gasteiger partial charge in [0, 0.05) is 12.4 Å². The zero-order valence-corrected chi connectivity index (χ0v) is 15.4. The van der Waals surface area contributed by atoms with E-state index >= 15 is 0 Å². The third-order valence-corrected chi connectivity index (χ3v) is 4.47. The van der Waals surface area contributed by atoms with Gasteiger partial charge in [-0.25, -0.2) is 9.97 Å². The van der Waals surface area contributed by atoms with Crippen LogP contribution >= 0.6 is 0 Å². The number of H-pyrrole nitrogens is 1. The smallest absolute Gasteiger partial charge is 0.111 e. The number of hydrogen-bond acceptors (Lipinski definition) is 5. The first-order chi connectivity index (χ1) is 14.4. The molecule has 5 aromatic heterocycles. The highest BCUT2D eigenvalue weighted by molar-refractivity contribution is 5.68. The number of pyridine rings is 4. The Balaban J connectivity index is 1.48. The van der Waals surface area contributed by atoms with E-state index in [4.69, 9.17) is 9.97 Å². The molecule has 5 rings (SSSR count). The fourth-order valence-corrected chi connectivity index (χ4v) is 3.06. The van der Waals surface area contributed by atoms with Gasteiger partial charge >= 0.3 is 0 Å². The van der Waals surface area contributed by atoms with Crippen LogP contribution in [-0.4, -0.2) is 30.1 Å². The van der Waals surface area contributed by atoms with E-state index in [1.165, 1.54) is 0 Å². The topological polar surface area (TPSA) is 80.2 Å². The fourth-order valence-electron chi connectivity index (χ4n) is 3.06. The Kier molecular flexibility index (Phi) is 4.35. The van der Waals surface area contributed by atoms with Gasteiger partial charge in [-0.15, -0.1) is 0 Å². The summed E-state index contributed by atoms with van der Waals surface area (Å²) in [5.41, 5.74) is 6.43. The minimum absolute atomic E-state index is 0.753. The second kappa shape index (κ2) is 7.44. The monoisotopic (exact) mass is 376 g/mol. The molecule has 0 saturated carbocycles. The molecule has 0 spiro atoms. The third kappa shape index (κ3) is 3.51. The van der Waals surface area contributed by atoms with Crippen LogP contribution in [0.1, 0.15) is 0 Å². The van der Waals surface area contributed by atoms with Gasteiger partial charge < -0.3 is 0 Å². The van der Waals surface area contributed by atoms with E-state index in [2.05, 4.69) is 20.2 Å². The van der Waals surface area contributed by atoms with Crippen LogP contribution in [-0.2, 0) is 0 Å². The molecule has 0 aliphatic heterocycles. The third-order valence-electron chi connectivity index (χ3n) is 4.47. The summed E-state index contributed by atoms with van der Waals surface area (Å²) in [7, 11) is 0. The Morgan fingerprint density at radius 2 is 1.00 bits per heavy atom. The molecule has 1 N–H and O–H groups in total. The summed E-state index contributed by atoms with van der Waals surface area (Å²) in [5, 5.41) is 7.51. The van der Waals surface area contributed by atoms with Gasteiger partial charge in [-0.3, -0.25) is 15.1 Å². The van der Waals surface area contributed by atoms with Crippen LogP contribution in [0.15, 0.2) is 91.3 Å². The maximum Gasteiger partial charge on any atom is 0.111 e. The number of nitrogens with zero attached hydrogens (tertiary/aromatic N) is 5. The van der Waals surface area contributed by atoms with E-state index in [1.54, 1.807) is 12.4 Å². The van der Waals surface area contributed by atoms with Gasteiger partial charge in [0.25, 0.3) is 0 Å². The SMILES string of the molecule is c1ccc(-c2cccc(-c3cc(-c4cccc(-c5ccccn5)n4)[nH]n3)n2)nc1. The lowest BCUT2D eigenvalue weighted by Gasteiger charge is -2.02. The van der Waals surface area contributed by atoms with Gasteiger partial charge in [0.05, 0.1) is 39.9 Å². The van der Waals surface area contributed by atoms with Crippen molar-refractivity contribution in [3.05, 3.63) is 91.3 Å². The molecule has 0 aliphatic rings. The number of hydrogen-bond donors (Lipinski definition) is 1. The van der Waals surface area contributed by atoms with Gasteiger partial charge in [0.2, 0.25) is 0 Å². The maximum absolute atomic E-state index is 4.72. The first kappa shape index (κ1) is 16.9. The second-order valence-corrected chi connectivity index (χ2v) is 6.41. The molecule has 5 heterocycles. The summed E-state index contributed by atoms with van der Waals surface area (Å²) in [5.74, 6) is 0. The van der Waals surface area contributed by atoms with Gasteiger partial charge in [0.1, 0.15) is 5.69 Å². The standard InChI is InChI=1S/C23H16N6/c1-3-13-24-16(7-1)18-9-5-11-20(26-18)22-15-23(29-28-22)21-12-6-10-19(27-21)17-8-2-4-14-25-17/h1-15H,(H,28,29). The highest BCUT2D eigenvalue weighted by Gasteiger charge is 2.11. The Morgan fingerprint density at radius 1 is 0.483 bits per heavy atom. The maximum atomic E-state index is 4.72. The van der Waals surface area contributed by atoms with Gasteiger partial charge in [-0.1, -0.05) is 24.3 Å². The predicted octanol–water partition coefficient (Wildman–Crippen LogP) is 4.66. The molecule has 6 nitrogen and oxygen atoms in total. The second-order valence-electron chi connectivity index (χ2n) is 6.41. The van der Waals surface area contributed by atoms with E-state index in [0.717, 1.165) is 45.6 Å². The molecule has 0 aromatic carbocycles. The predicted molar refractivity (Wildman–Crippen MR) is 112 cm³/mol. The lowest BCUT2D eigenvalue weighted by atomic mass is 10.1. The Bertz CT molecular complexity index is 1150. The lowest BCUT2D eigenvalue weighted by Crippen LogP contribution is -1.89. The van der Waals surface area contributed by atoms with Crippen LogP contribution in [0.4, 0.5) is 0 Å². The number of aromatic amines is 1. The summed E-state index contributed by atoms with van der Waals surface area (Å²) in [6.07, 6.45) is 3.52. The number of aromatic nitrogens is 6. The fraction of sp³-hybridized carbons (Fsp3) is 0. The molecule has 0 atom stereocenters. The molecule has 0 aliphatic carbocycles. The first-order valence-electron chi connectivity index (χ1n) is 9.20. The van der Waals surface area contributed by atoms with Crippen molar-refractivity contribution in [1.82, 2.24) is 30.1 Å². The Hall–Kier alpha value is -4.19. The first-order valence-corrected chi connectivity index (χ1v) is 9.20. The highest BCUT2D eigenvalue weighted by Crippen LogP contribution is 2.25. The molecule has 0 radical (unpaired) electrons. The molecule has 0 amide bonds. The van der Waals surface area contributed by atoms with E-state index in [9.17, 15) is 0 Å². The minimum Gasteiger partial charge on any atom is -0.276 e. The molecule has 138 valence electrons. The number of nitrogens with one attached hydrogen (secondary N) is 1. The van der Waals surface area contributed by atoms with Gasteiger partial charge in [-0.2, -0.15) is 5.10 Å². The largest absolute Gasteiger partial charge is 0.276 e. The summed E-state index contributed by atoms with van der Waals surface area (Å²) < 4.78 is 0. The van der Waals surface area contributed by atoms with Crippen molar-refractivity contribution < 1.29 is 0 Å². The summed E-state index contributed by atoms with van der Waals surface area (Å²) >= 11 is 0. The average Bonchev–Trinajstić information content (AvgIpc) is 3.31. The highest BCUT2D eigenvalue weighted by atomic mass is 15.1. The average molecular weight is 376 g/mol. The summed E-state index contributed by atoms with van der Waals surface area (Å²) in [6.45, 7) is 0. The summed E-state index contributed by atoms with van der Waals surface area (Å²) in [4.78, 5) is 18.2. The van der Waals surface area contributed by atoms with E-state index in [1.807, 2.05) is 78.9 Å². The van der Waals surface area contributed by atoms with Crippen molar-refractivity contribution in [2.24, 2.45) is 0 Å². The van der Waals surface area contributed by atoms with Crippen molar-refractivity contribution >= 4 is 0 Å². The van der Waals surface area contributed by atoms with Gasteiger partial charge in [-0.05, 0) is 54.6 Å². The molecule has 0 saturated heterocycles. The minimum atomic E-state index is 0.753. The van der Waals surface area contributed by atoms with Crippen LogP contribution in [0.3, 0.4) is 0 Å². The van der Waals surface area contributed by atoms with Crippen LogP contribution in [0.2, 0.25) is 0 Å². The molecule has 29 heavy (non-hydrogen) atoms. The van der Waals surface area contributed by atoms with E-state index < -0.39 is 0 Å². The van der Waals surface area contributed by atoms with Crippen molar-refractivity contribution in [3.8, 4) is 45.6 Å². The molecule has 0 unspecified atom stereocenters. The van der Waals surface area contributed by atoms with Crippen LogP contribution in [0.5, 0.6) is 0 Å². The Labute approximate surface area is 167 Å². The van der Waals surface area contributed by atoms with Crippen molar-refractivity contribution in [2.75, 3.05) is 0 Å². The van der Waals surface area contributed by atoms with Crippen molar-refractivity contribution in [1.29, 1.82) is 0 Å². The molecule has 5 aromatic rings. The molecule has 0 bridgehead atoms.